The molecule has 1 amide bonds. The number of carbonyl (C=O) groups is 1. The van der Waals surface area contributed by atoms with Crippen molar-refractivity contribution >= 4 is 11.6 Å². The second-order valence-corrected chi connectivity index (χ2v) is 5.76. The Morgan fingerprint density at radius 2 is 1.95 bits per heavy atom. The van der Waals surface area contributed by atoms with E-state index < -0.39 is 0 Å². The van der Waals surface area contributed by atoms with E-state index in [4.69, 9.17) is 10.5 Å². The Morgan fingerprint density at radius 1 is 1.33 bits per heavy atom. The first-order chi connectivity index (χ1) is 9.93. The first-order valence-electron chi connectivity index (χ1n) is 7.47. The number of benzene rings is 1. The Kier molecular flexibility index (Phi) is 4.73. The van der Waals surface area contributed by atoms with Crippen molar-refractivity contribution in [2.45, 2.75) is 32.9 Å². The monoisotopic (exact) mass is 291 g/mol. The van der Waals surface area contributed by atoms with Gasteiger partial charge in [0.1, 0.15) is 5.75 Å². The predicted octanol–water partition coefficient (Wildman–Crippen LogP) is 1.83. The number of carbonyl (C=O) groups excluding carboxylic acids is 1. The van der Waals surface area contributed by atoms with E-state index in [1.54, 1.807) is 18.2 Å². The maximum absolute atomic E-state index is 12.6. The van der Waals surface area contributed by atoms with Crippen LogP contribution in [-0.4, -0.2) is 54.5 Å². The Hall–Kier alpha value is -1.75. The summed E-state index contributed by atoms with van der Waals surface area (Å²) < 4.78 is 5.41. The molecule has 1 aliphatic heterocycles. The van der Waals surface area contributed by atoms with Crippen LogP contribution in [-0.2, 0) is 0 Å². The molecule has 1 heterocycles. The van der Waals surface area contributed by atoms with Crippen LogP contribution in [0.1, 0.15) is 31.1 Å². The van der Waals surface area contributed by atoms with E-state index in [-0.39, 0.29) is 5.91 Å². The summed E-state index contributed by atoms with van der Waals surface area (Å²) in [5, 5.41) is 0. The van der Waals surface area contributed by atoms with Crippen molar-refractivity contribution in [2.75, 3.05) is 32.5 Å². The van der Waals surface area contributed by atoms with Crippen LogP contribution in [0.4, 0.5) is 5.69 Å². The number of hydrogen-bond donors (Lipinski definition) is 1. The molecule has 1 fully saturated rings. The van der Waals surface area contributed by atoms with Gasteiger partial charge in [0.05, 0.1) is 12.3 Å². The highest BCUT2D eigenvalue weighted by Crippen LogP contribution is 2.24. The number of rotatable bonds is 3. The van der Waals surface area contributed by atoms with E-state index in [2.05, 4.69) is 25.8 Å². The van der Waals surface area contributed by atoms with Gasteiger partial charge in [0.25, 0.3) is 5.91 Å². The van der Waals surface area contributed by atoms with Gasteiger partial charge in [-0.05, 0) is 46.0 Å². The molecule has 21 heavy (non-hydrogen) atoms. The van der Waals surface area contributed by atoms with Crippen LogP contribution in [0.3, 0.4) is 0 Å². The third-order valence-corrected chi connectivity index (χ3v) is 4.20. The van der Waals surface area contributed by atoms with Crippen LogP contribution in [0.5, 0.6) is 5.75 Å². The van der Waals surface area contributed by atoms with Gasteiger partial charge in [0.15, 0.2) is 0 Å². The minimum Gasteiger partial charge on any atom is -0.492 e. The molecule has 116 valence electrons. The minimum absolute atomic E-state index is 0.0385. The molecule has 0 saturated carbocycles. The van der Waals surface area contributed by atoms with Crippen molar-refractivity contribution < 1.29 is 9.53 Å². The number of ether oxygens (including phenoxy) is 1. The molecule has 2 atom stereocenters. The lowest BCUT2D eigenvalue weighted by Gasteiger charge is -2.42. The van der Waals surface area contributed by atoms with E-state index in [1.807, 2.05) is 11.8 Å². The molecular formula is C16H25N3O2. The van der Waals surface area contributed by atoms with Crippen LogP contribution in [0.2, 0.25) is 0 Å². The van der Waals surface area contributed by atoms with Gasteiger partial charge in [-0.25, -0.2) is 0 Å². The Bertz CT molecular complexity index is 506. The third-order valence-electron chi connectivity index (χ3n) is 4.20. The fourth-order valence-electron chi connectivity index (χ4n) is 2.72. The Labute approximate surface area is 126 Å². The molecular weight excluding hydrogens is 266 g/mol. The van der Waals surface area contributed by atoms with Crippen LogP contribution in [0.25, 0.3) is 0 Å². The smallest absolute Gasteiger partial charge is 0.254 e. The SMILES string of the molecule is CCOc1ccc(C(=O)N2CC(C)N(C)C(C)C2)cc1N. The molecule has 0 radical (unpaired) electrons. The first-order valence-corrected chi connectivity index (χ1v) is 7.47. The van der Waals surface area contributed by atoms with Gasteiger partial charge in [0.2, 0.25) is 0 Å². The summed E-state index contributed by atoms with van der Waals surface area (Å²) in [6.45, 7) is 8.24. The summed E-state index contributed by atoms with van der Waals surface area (Å²) in [6, 6.07) is 5.99. The highest BCUT2D eigenvalue weighted by molar-refractivity contribution is 5.95. The second kappa shape index (κ2) is 6.35. The van der Waals surface area contributed by atoms with E-state index in [9.17, 15) is 4.79 Å². The maximum Gasteiger partial charge on any atom is 0.254 e. The highest BCUT2D eigenvalue weighted by atomic mass is 16.5. The molecule has 2 unspecified atom stereocenters. The van der Waals surface area contributed by atoms with Crippen LogP contribution in [0.15, 0.2) is 18.2 Å². The summed E-state index contributed by atoms with van der Waals surface area (Å²) in [5.74, 6) is 0.672. The van der Waals surface area contributed by atoms with E-state index in [0.29, 0.717) is 35.7 Å². The second-order valence-electron chi connectivity index (χ2n) is 5.76. The third kappa shape index (κ3) is 3.29. The fourth-order valence-corrected chi connectivity index (χ4v) is 2.72. The summed E-state index contributed by atoms with van der Waals surface area (Å²) in [6.07, 6.45) is 0. The molecule has 0 aliphatic carbocycles. The summed E-state index contributed by atoms with van der Waals surface area (Å²) >= 11 is 0. The summed E-state index contributed by atoms with van der Waals surface area (Å²) in [4.78, 5) is 16.8. The standard InChI is InChI=1S/C16H25N3O2/c1-5-21-15-7-6-13(8-14(15)17)16(20)19-9-11(2)18(4)12(3)10-19/h6-8,11-12H,5,9-10,17H2,1-4H3. The largest absolute Gasteiger partial charge is 0.492 e. The van der Waals surface area contributed by atoms with E-state index in [0.717, 1.165) is 13.1 Å². The van der Waals surface area contributed by atoms with Crippen molar-refractivity contribution in [3.8, 4) is 5.75 Å². The minimum atomic E-state index is 0.0385. The number of nitrogens with two attached hydrogens (primary N) is 1. The molecule has 5 nitrogen and oxygen atoms in total. The van der Waals surface area contributed by atoms with E-state index >= 15 is 0 Å². The number of nitrogens with zero attached hydrogens (tertiary/aromatic N) is 2. The lowest BCUT2D eigenvalue weighted by atomic mass is 10.1. The summed E-state index contributed by atoms with van der Waals surface area (Å²) in [5.41, 5.74) is 7.08. The maximum atomic E-state index is 12.6. The molecule has 5 heteroatoms. The zero-order valence-electron chi connectivity index (χ0n) is 13.3. The van der Waals surface area contributed by atoms with Crippen molar-refractivity contribution in [1.29, 1.82) is 0 Å². The van der Waals surface area contributed by atoms with Gasteiger partial charge in [-0.15, -0.1) is 0 Å². The number of amides is 1. The predicted molar refractivity (Wildman–Crippen MR) is 84.6 cm³/mol. The summed E-state index contributed by atoms with van der Waals surface area (Å²) in [7, 11) is 2.10. The normalized spacial score (nSPS) is 23.1. The van der Waals surface area contributed by atoms with Gasteiger partial charge in [-0.2, -0.15) is 0 Å². The number of nitrogen functional groups attached to an aromatic ring is 1. The van der Waals surface area contributed by atoms with Crippen LogP contribution < -0.4 is 10.5 Å². The molecule has 2 rings (SSSR count). The van der Waals surface area contributed by atoms with Gasteiger partial charge in [-0.3, -0.25) is 9.69 Å². The quantitative estimate of drug-likeness (QED) is 0.863. The average Bonchev–Trinajstić information content (AvgIpc) is 2.45. The van der Waals surface area contributed by atoms with Gasteiger partial charge >= 0.3 is 0 Å². The lowest BCUT2D eigenvalue weighted by molar-refractivity contribution is 0.0414. The van der Waals surface area contributed by atoms with Crippen molar-refractivity contribution in [2.24, 2.45) is 0 Å². The van der Waals surface area contributed by atoms with Crippen molar-refractivity contribution in [1.82, 2.24) is 9.80 Å². The number of hydrogen-bond acceptors (Lipinski definition) is 4. The molecule has 0 aromatic heterocycles. The fraction of sp³-hybridized carbons (Fsp3) is 0.562. The number of anilines is 1. The molecule has 1 aromatic carbocycles. The lowest BCUT2D eigenvalue weighted by Crippen LogP contribution is -2.56. The Morgan fingerprint density at radius 3 is 2.48 bits per heavy atom. The molecule has 1 saturated heterocycles. The van der Waals surface area contributed by atoms with Crippen LogP contribution >= 0.6 is 0 Å². The zero-order chi connectivity index (χ0) is 15.6. The first kappa shape index (κ1) is 15.6. The number of likely N-dealkylation sites (N-methyl/N-ethyl adjacent to an activating group) is 1. The van der Waals surface area contributed by atoms with Gasteiger partial charge < -0.3 is 15.4 Å². The molecule has 0 bridgehead atoms. The van der Waals surface area contributed by atoms with Crippen LogP contribution in [0, 0.1) is 0 Å². The number of piperazine rings is 1. The molecule has 1 aliphatic rings. The van der Waals surface area contributed by atoms with E-state index in [1.165, 1.54) is 0 Å². The highest BCUT2D eigenvalue weighted by Gasteiger charge is 2.29. The zero-order valence-corrected chi connectivity index (χ0v) is 13.3. The average molecular weight is 291 g/mol. The van der Waals surface area contributed by atoms with Gasteiger partial charge in [0, 0.05) is 30.7 Å². The van der Waals surface area contributed by atoms with Crippen molar-refractivity contribution in [3.63, 3.8) is 0 Å². The molecule has 2 N–H and O–H groups in total. The Balaban J connectivity index is 2.15. The van der Waals surface area contributed by atoms with Crippen molar-refractivity contribution in [3.05, 3.63) is 23.8 Å². The molecule has 1 aromatic rings. The topological polar surface area (TPSA) is 58.8 Å². The molecule has 0 spiro atoms. The van der Waals surface area contributed by atoms with Gasteiger partial charge in [-0.1, -0.05) is 0 Å².